The second kappa shape index (κ2) is 14.7. The predicted octanol–water partition coefficient (Wildman–Crippen LogP) is 9.34. The number of nitrogens with zero attached hydrogens (tertiary/aromatic N) is 1. The van der Waals surface area contributed by atoms with Crippen LogP contribution in [0.25, 0.3) is 0 Å². The van der Waals surface area contributed by atoms with Crippen molar-refractivity contribution in [3.05, 3.63) is 88.3 Å². The van der Waals surface area contributed by atoms with Crippen LogP contribution in [-0.2, 0) is 9.53 Å². The molecule has 2 aromatic rings. The second-order valence-electron chi connectivity index (χ2n) is 12.1. The van der Waals surface area contributed by atoms with Gasteiger partial charge in [-0.15, -0.1) is 0 Å². The molecular weight excluding hydrogens is 549 g/mol. The molecular formula is C39H56FNO3. The normalized spacial score (nSPS) is 28.2. The minimum absolute atomic E-state index is 0. The Morgan fingerprint density at radius 2 is 1.59 bits per heavy atom. The zero-order chi connectivity index (χ0) is 27.4. The van der Waals surface area contributed by atoms with E-state index in [9.17, 15) is 14.3 Å². The van der Waals surface area contributed by atoms with Crippen LogP contribution in [0.4, 0.5) is 10.1 Å². The van der Waals surface area contributed by atoms with Crippen molar-refractivity contribution in [3.63, 3.8) is 0 Å². The van der Waals surface area contributed by atoms with E-state index in [4.69, 9.17) is 4.74 Å². The molecule has 5 heteroatoms. The highest BCUT2D eigenvalue weighted by atomic mass is 19.1. The van der Waals surface area contributed by atoms with E-state index in [1.165, 1.54) is 28.9 Å². The van der Waals surface area contributed by atoms with Crippen molar-refractivity contribution in [2.45, 2.75) is 94.3 Å². The lowest BCUT2D eigenvalue weighted by molar-refractivity contribution is -0.114. The Morgan fingerprint density at radius 3 is 2.23 bits per heavy atom. The zero-order valence-electron chi connectivity index (χ0n) is 23.0. The molecule has 2 unspecified atom stereocenters. The zero-order valence-corrected chi connectivity index (χ0v) is 23.0. The highest BCUT2D eigenvalue weighted by molar-refractivity contribution is 5.93. The van der Waals surface area contributed by atoms with Gasteiger partial charge in [0.1, 0.15) is 17.5 Å². The maximum atomic E-state index is 13.4. The molecule has 242 valence electrons. The summed E-state index contributed by atoms with van der Waals surface area (Å²) in [5.74, 6) is 6.71. The monoisotopic (exact) mass is 605 g/mol. The van der Waals surface area contributed by atoms with Crippen LogP contribution in [0.3, 0.4) is 0 Å². The van der Waals surface area contributed by atoms with Gasteiger partial charge in [0.15, 0.2) is 5.78 Å². The lowest BCUT2D eigenvalue weighted by Gasteiger charge is -2.42. The summed E-state index contributed by atoms with van der Waals surface area (Å²) in [6, 6.07) is 14.7. The van der Waals surface area contributed by atoms with E-state index in [0.717, 1.165) is 36.9 Å². The number of ether oxygens (including phenoxy) is 1. The van der Waals surface area contributed by atoms with Gasteiger partial charge < -0.3 is 14.7 Å². The first-order valence-corrected chi connectivity index (χ1v) is 14.1. The van der Waals surface area contributed by atoms with Crippen LogP contribution in [-0.4, -0.2) is 37.2 Å². The van der Waals surface area contributed by atoms with Gasteiger partial charge >= 0.3 is 0 Å². The number of aliphatic hydroxyl groups is 1. The second-order valence-corrected chi connectivity index (χ2v) is 12.1. The highest BCUT2D eigenvalue weighted by Gasteiger charge is 2.61. The van der Waals surface area contributed by atoms with E-state index < -0.39 is 11.0 Å². The maximum Gasteiger partial charge on any atom is 0.156 e. The maximum absolute atomic E-state index is 13.4. The van der Waals surface area contributed by atoms with E-state index >= 15 is 0 Å². The Labute approximate surface area is 267 Å². The largest absolute Gasteiger partial charge is 0.378 e. The molecule has 1 N–H and O–H groups in total. The van der Waals surface area contributed by atoms with Crippen molar-refractivity contribution >= 4 is 11.5 Å². The fourth-order valence-electron chi connectivity index (χ4n) is 7.41. The van der Waals surface area contributed by atoms with Crippen molar-refractivity contribution in [2.75, 3.05) is 25.6 Å². The van der Waals surface area contributed by atoms with Gasteiger partial charge in [-0.2, -0.15) is 0 Å². The van der Waals surface area contributed by atoms with Gasteiger partial charge in [-0.25, -0.2) is 4.39 Å². The van der Waals surface area contributed by atoms with Crippen molar-refractivity contribution in [1.29, 1.82) is 0 Å². The molecule has 4 aliphatic rings. The fraction of sp³-hybridized carbons (Fsp3) is 0.513. The molecule has 0 radical (unpaired) electrons. The smallest absolute Gasteiger partial charge is 0.156 e. The molecule has 1 aliphatic heterocycles. The fourth-order valence-corrected chi connectivity index (χ4v) is 7.41. The quantitative estimate of drug-likeness (QED) is 0.347. The summed E-state index contributed by atoms with van der Waals surface area (Å²) in [5.41, 5.74) is 4.91. The number of carbonyl (C=O) groups excluding carboxylic acids is 1. The van der Waals surface area contributed by atoms with Crippen LogP contribution in [0, 0.1) is 34.9 Å². The number of rotatable bonds is 2. The molecule has 5 atom stereocenters. The number of fused-ring (bicyclic) bond motifs is 4. The highest BCUT2D eigenvalue weighted by Crippen LogP contribution is 2.61. The number of carbonyl (C=O) groups is 1. The summed E-state index contributed by atoms with van der Waals surface area (Å²) in [4.78, 5) is 14.4. The van der Waals surface area contributed by atoms with Gasteiger partial charge in [-0.1, -0.05) is 68.0 Å². The molecule has 0 aromatic heterocycles. The number of halogens is 1. The van der Waals surface area contributed by atoms with E-state index in [-0.39, 0.29) is 66.7 Å². The van der Waals surface area contributed by atoms with Gasteiger partial charge in [-0.3, -0.25) is 4.79 Å². The Kier molecular flexibility index (Phi) is 13.0. The van der Waals surface area contributed by atoms with E-state index in [1.54, 1.807) is 12.1 Å². The third-order valence-corrected chi connectivity index (χ3v) is 9.69. The minimum Gasteiger partial charge on any atom is -0.378 e. The molecule has 1 saturated carbocycles. The Hall–Kier alpha value is -3.20. The molecule has 2 aromatic carbocycles. The summed E-state index contributed by atoms with van der Waals surface area (Å²) in [6.45, 7) is 2.52. The summed E-state index contributed by atoms with van der Waals surface area (Å²) >= 11 is 0. The van der Waals surface area contributed by atoms with Crippen LogP contribution in [0.15, 0.2) is 71.3 Å². The summed E-state index contributed by atoms with van der Waals surface area (Å²) in [7, 11) is 4.07. The predicted molar refractivity (Wildman–Crippen MR) is 184 cm³/mol. The van der Waals surface area contributed by atoms with E-state index in [0.29, 0.717) is 25.0 Å². The van der Waals surface area contributed by atoms with Crippen molar-refractivity contribution in [2.24, 2.45) is 17.3 Å². The van der Waals surface area contributed by atoms with Crippen LogP contribution < -0.4 is 4.90 Å². The summed E-state index contributed by atoms with van der Waals surface area (Å²) in [6.07, 6.45) is 6.19. The molecule has 3 aliphatic carbocycles. The number of ketones is 1. The van der Waals surface area contributed by atoms with Crippen molar-refractivity contribution in [1.82, 2.24) is 0 Å². The first kappa shape index (κ1) is 38.8. The van der Waals surface area contributed by atoms with E-state index in [1.807, 2.05) is 20.2 Å². The number of hydrogen-bond donors (Lipinski definition) is 1. The Bertz CT molecular complexity index is 1410. The van der Waals surface area contributed by atoms with Gasteiger partial charge in [0.25, 0.3) is 0 Å². The molecule has 1 saturated heterocycles. The number of anilines is 1. The number of hydrogen-bond acceptors (Lipinski definition) is 4. The van der Waals surface area contributed by atoms with E-state index in [2.05, 4.69) is 47.9 Å². The van der Waals surface area contributed by atoms with Crippen molar-refractivity contribution < 1.29 is 19.0 Å². The number of benzene rings is 2. The molecule has 6 rings (SSSR count). The molecule has 0 amide bonds. The molecule has 2 fully saturated rings. The lowest BCUT2D eigenvalue weighted by atomic mass is 9.61. The van der Waals surface area contributed by atoms with Crippen LogP contribution in [0.5, 0.6) is 0 Å². The average Bonchev–Trinajstić information content (AvgIpc) is 3.10. The summed E-state index contributed by atoms with van der Waals surface area (Å²) in [5, 5.41) is 12.1. The summed E-state index contributed by atoms with van der Waals surface area (Å²) < 4.78 is 20.3. The SMILES string of the molecule is C.C.C.C.C.CN(C)c1ccc([C@H]2OC[C@@]3(C)C(CC[C@@]3(O)C#Cc3ccc(F)cc3)C3CCC4=CC(=O)CCC4=C32)cc1. The van der Waals surface area contributed by atoms with Crippen LogP contribution in [0.2, 0.25) is 0 Å². The van der Waals surface area contributed by atoms with Gasteiger partial charge in [-0.05, 0) is 109 Å². The van der Waals surface area contributed by atoms with Gasteiger partial charge in [0.2, 0.25) is 0 Å². The van der Waals surface area contributed by atoms with Gasteiger partial charge in [0, 0.05) is 37.2 Å². The average molecular weight is 606 g/mol. The Balaban J connectivity index is 0.00000194. The van der Waals surface area contributed by atoms with Crippen LogP contribution >= 0.6 is 0 Å². The minimum atomic E-state index is -1.22. The molecule has 44 heavy (non-hydrogen) atoms. The topological polar surface area (TPSA) is 49.8 Å². The van der Waals surface area contributed by atoms with Crippen molar-refractivity contribution in [3.8, 4) is 11.8 Å². The standard InChI is InChI=1S/C34H36FNO3.5CH4/c1-33-21-39-32(23-6-11-26(12-7-23)36(2)3)31-28-15-13-27(37)20-24(28)8-14-29(31)30(33)17-19-34(33,38)18-16-22-4-9-25(35)10-5-22;;;;;/h4-7,9-12,20,29-30,32,38H,8,13-15,17,19,21H2,1-3H3;5*1H4/t29?,30?,32-,33+,34+;;;;;/m1...../s1. The first-order chi connectivity index (χ1) is 18.7. The molecule has 1 heterocycles. The van der Waals surface area contributed by atoms with Crippen LogP contribution in [0.1, 0.15) is 99.8 Å². The molecule has 4 nitrogen and oxygen atoms in total. The molecule has 0 spiro atoms. The third kappa shape index (κ3) is 6.58. The first-order valence-electron chi connectivity index (χ1n) is 14.1. The van der Waals surface area contributed by atoms with Gasteiger partial charge in [0.05, 0.1) is 6.61 Å². The third-order valence-electron chi connectivity index (χ3n) is 9.69. The number of allylic oxidation sites excluding steroid dienone is 3. The Morgan fingerprint density at radius 1 is 0.932 bits per heavy atom. The lowest BCUT2D eigenvalue weighted by Crippen LogP contribution is -2.48. The molecule has 0 bridgehead atoms.